The minimum Gasteiger partial charge on any atom is -0.384 e. The van der Waals surface area contributed by atoms with E-state index in [2.05, 4.69) is 20.9 Å². The van der Waals surface area contributed by atoms with Crippen molar-refractivity contribution < 1.29 is 36.9 Å². The van der Waals surface area contributed by atoms with Crippen molar-refractivity contribution in [3.8, 4) is 0 Å². The fraction of sp³-hybridized carbons (Fsp3) is 0.400. The van der Waals surface area contributed by atoms with Gasteiger partial charge in [0.2, 0.25) is 0 Å². The lowest BCUT2D eigenvalue weighted by Gasteiger charge is -2.36. The number of anilines is 4. The van der Waals surface area contributed by atoms with E-state index < -0.39 is 21.5 Å². The summed E-state index contributed by atoms with van der Waals surface area (Å²) in [5.41, 5.74) is 4.79. The number of nitrogens with one attached hydrogen (secondary N) is 3. The summed E-state index contributed by atoms with van der Waals surface area (Å²) in [5, 5.41) is 31.7. The molecular formula is C50H56Cl2F4N10O8. The number of nitrogens with zero attached hydrogens (tertiary/aromatic N) is 7. The molecule has 6 aromatic rings. The van der Waals surface area contributed by atoms with E-state index in [-0.39, 0.29) is 65.9 Å². The van der Waals surface area contributed by atoms with Crippen LogP contribution in [0.5, 0.6) is 0 Å². The summed E-state index contributed by atoms with van der Waals surface area (Å²) >= 11 is 5.81. The van der Waals surface area contributed by atoms with Gasteiger partial charge < -0.3 is 35.2 Å². The summed E-state index contributed by atoms with van der Waals surface area (Å²) in [4.78, 5) is 51.7. The number of rotatable bonds is 11. The van der Waals surface area contributed by atoms with Gasteiger partial charge in [0.25, 0.3) is 22.5 Å². The number of non-ortho nitro benzene ring substituents is 2. The first-order valence-electron chi connectivity index (χ1n) is 23.8. The van der Waals surface area contributed by atoms with Crippen molar-refractivity contribution in [1.82, 2.24) is 19.4 Å². The highest BCUT2D eigenvalue weighted by Gasteiger charge is 2.26. The third kappa shape index (κ3) is 11.8. The molecule has 0 saturated carbocycles. The van der Waals surface area contributed by atoms with E-state index in [1.54, 1.807) is 6.07 Å². The van der Waals surface area contributed by atoms with E-state index in [0.717, 1.165) is 50.2 Å². The quantitative estimate of drug-likeness (QED) is 0.0491. The molecule has 18 nitrogen and oxygen atoms in total. The Balaban J connectivity index is 0.000000178. The molecule has 0 unspecified atom stereocenters. The Morgan fingerprint density at radius 2 is 1.05 bits per heavy atom. The van der Waals surface area contributed by atoms with Crippen molar-refractivity contribution in [2.75, 3.05) is 100 Å². The number of pyridine rings is 2. The zero-order valence-electron chi connectivity index (χ0n) is 40.7. The number of hydrogen-bond acceptors (Lipinski definition) is 14. The summed E-state index contributed by atoms with van der Waals surface area (Å²) in [6.45, 7) is 7.32. The molecule has 0 spiro atoms. The van der Waals surface area contributed by atoms with Crippen molar-refractivity contribution in [2.45, 2.75) is 51.6 Å². The number of hydrogen-bond donors (Lipinski definition) is 3. The average molecular weight is 1070 g/mol. The normalized spacial score (nSPS) is 15.3. The SMILES string of the molecule is COCn1c(=O)c2c(c3c(F)cc(CCl)cc31)NCCC2.COCn1c(=O)c2c(c3c(F)cc(CN4CCN(c5ccc([N+](=O)[O-])cc5F)CC4)cc31)NCCC2.Cl.O=[N+]([O-])c1ccc(N2CCNCC2)c(F)c1. The number of alkyl halides is 1. The third-order valence-electron chi connectivity index (χ3n) is 13.3. The van der Waals surface area contributed by atoms with Gasteiger partial charge in [-0.2, -0.15) is 0 Å². The molecule has 2 saturated heterocycles. The van der Waals surface area contributed by atoms with E-state index in [1.807, 2.05) is 15.9 Å². The molecule has 6 heterocycles. The van der Waals surface area contributed by atoms with Crippen molar-refractivity contribution in [2.24, 2.45) is 0 Å². The highest BCUT2D eigenvalue weighted by molar-refractivity contribution is 6.17. The van der Waals surface area contributed by atoms with E-state index in [0.29, 0.717) is 126 Å². The Kier molecular flexibility index (Phi) is 18.4. The monoisotopic (exact) mass is 1070 g/mol. The van der Waals surface area contributed by atoms with Crippen LogP contribution < -0.4 is 36.9 Å². The van der Waals surface area contributed by atoms with Gasteiger partial charge in [0.1, 0.15) is 25.1 Å². The topological polar surface area (TPSA) is 195 Å². The maximum Gasteiger partial charge on any atom is 0.272 e. The van der Waals surface area contributed by atoms with Gasteiger partial charge >= 0.3 is 0 Å². The van der Waals surface area contributed by atoms with Crippen LogP contribution in [0.4, 0.5) is 51.7 Å². The molecule has 0 radical (unpaired) electrons. The predicted molar refractivity (Wildman–Crippen MR) is 279 cm³/mol. The van der Waals surface area contributed by atoms with E-state index in [4.69, 9.17) is 21.1 Å². The molecule has 0 aliphatic carbocycles. The highest BCUT2D eigenvalue weighted by Crippen LogP contribution is 2.34. The molecule has 0 amide bonds. The summed E-state index contributed by atoms with van der Waals surface area (Å²) in [6.07, 6.45) is 2.93. The van der Waals surface area contributed by atoms with Gasteiger partial charge in [-0.05, 0) is 73.2 Å². The van der Waals surface area contributed by atoms with E-state index >= 15 is 4.39 Å². The largest absolute Gasteiger partial charge is 0.384 e. The van der Waals surface area contributed by atoms with Crippen LogP contribution >= 0.6 is 24.0 Å². The van der Waals surface area contributed by atoms with Gasteiger partial charge in [-0.15, -0.1) is 24.0 Å². The molecule has 2 aromatic heterocycles. The number of halogens is 6. The lowest BCUT2D eigenvalue weighted by atomic mass is 9.99. The Bertz CT molecular complexity index is 3170. The Hall–Kier alpha value is -6.56. The number of nitro benzene ring substituents is 2. The number of piperazine rings is 2. The summed E-state index contributed by atoms with van der Waals surface area (Å²) in [5.74, 6) is -1.71. The summed E-state index contributed by atoms with van der Waals surface area (Å²) in [6, 6.07) is 14.0. The fourth-order valence-corrected chi connectivity index (χ4v) is 9.97. The molecule has 0 bridgehead atoms. The minimum absolute atomic E-state index is 0. The average Bonchev–Trinajstić information content (AvgIpc) is 3.39. The van der Waals surface area contributed by atoms with Crippen LogP contribution in [0.3, 0.4) is 0 Å². The molecule has 4 aliphatic heterocycles. The zero-order valence-corrected chi connectivity index (χ0v) is 42.3. The molecule has 4 aromatic carbocycles. The predicted octanol–water partition coefficient (Wildman–Crippen LogP) is 7.88. The van der Waals surface area contributed by atoms with Gasteiger partial charge in [-0.25, -0.2) is 17.6 Å². The maximum atomic E-state index is 15.4. The van der Waals surface area contributed by atoms with Crippen LogP contribution in [0, 0.1) is 43.5 Å². The number of methoxy groups -OCH3 is 2. The molecule has 2 fully saturated rings. The van der Waals surface area contributed by atoms with Crippen LogP contribution in [0.15, 0.2) is 70.3 Å². The van der Waals surface area contributed by atoms with Crippen LogP contribution in [0.1, 0.15) is 35.1 Å². The number of aromatic nitrogens is 2. The number of nitro groups is 2. The first-order chi connectivity index (χ1) is 35.2. The van der Waals surface area contributed by atoms with Crippen LogP contribution in [-0.2, 0) is 48.2 Å². The second kappa shape index (κ2) is 24.6. The first kappa shape index (κ1) is 55.2. The maximum absolute atomic E-state index is 15.4. The van der Waals surface area contributed by atoms with E-state index in [9.17, 15) is 43.0 Å². The van der Waals surface area contributed by atoms with Crippen molar-refractivity contribution in [3.05, 3.63) is 147 Å². The van der Waals surface area contributed by atoms with Crippen molar-refractivity contribution in [3.63, 3.8) is 0 Å². The molecule has 24 heteroatoms. The number of fused-ring (bicyclic) bond motifs is 6. The van der Waals surface area contributed by atoms with Gasteiger partial charge in [0, 0.05) is 115 Å². The second-order valence-electron chi connectivity index (χ2n) is 17.9. The van der Waals surface area contributed by atoms with Gasteiger partial charge in [0.05, 0.1) is 66.5 Å². The lowest BCUT2D eigenvalue weighted by molar-refractivity contribution is -0.385. The van der Waals surface area contributed by atoms with Crippen LogP contribution in [-0.4, -0.2) is 104 Å². The summed E-state index contributed by atoms with van der Waals surface area (Å²) in [7, 11) is 3.02. The Morgan fingerprint density at radius 3 is 1.49 bits per heavy atom. The van der Waals surface area contributed by atoms with Crippen LogP contribution in [0.25, 0.3) is 21.8 Å². The molecule has 3 N–H and O–H groups in total. The number of ether oxygens (including phenoxy) is 2. The fourth-order valence-electron chi connectivity index (χ4n) is 9.81. The second-order valence-corrected chi connectivity index (χ2v) is 18.2. The molecule has 74 heavy (non-hydrogen) atoms. The molecule has 396 valence electrons. The number of benzene rings is 4. The van der Waals surface area contributed by atoms with Gasteiger partial charge in [-0.1, -0.05) is 0 Å². The van der Waals surface area contributed by atoms with Gasteiger partial charge in [-0.3, -0.25) is 43.9 Å². The van der Waals surface area contributed by atoms with Crippen molar-refractivity contribution in [1.29, 1.82) is 0 Å². The standard InChI is InChI=1S/C25H27F2N5O4.C15H16ClFN2O2.C10H12FN3O2.ClH/c1-36-15-31-22-12-16(11-20(27)23(22)24-18(25(31)33)3-2-6-28-24)14-29-7-9-30(10-8-29)21-5-4-17(32(34)35)13-19(21)26;1-21-8-19-12-6-9(7-16)5-11(17)13(12)14-10(15(19)20)3-2-4-18-14;11-9-7-8(14(15)16)1-2-10(9)13-5-3-12-4-6-13;/h4-5,11-13,28H,2-3,6-10,14-15H2,1H3;5-6,18H,2-4,7-8H2,1H3;1-2,7,12H,3-6H2;1H. The highest BCUT2D eigenvalue weighted by atomic mass is 35.5. The lowest BCUT2D eigenvalue weighted by Crippen LogP contribution is -2.46. The van der Waals surface area contributed by atoms with Crippen molar-refractivity contribution >= 4 is 79.9 Å². The summed E-state index contributed by atoms with van der Waals surface area (Å²) < 4.78 is 71.4. The zero-order chi connectivity index (χ0) is 51.9. The Labute approximate surface area is 433 Å². The van der Waals surface area contributed by atoms with Crippen LogP contribution in [0.2, 0.25) is 0 Å². The smallest absolute Gasteiger partial charge is 0.272 e. The molecular weight excluding hydrogens is 1020 g/mol. The molecule has 4 aliphatic rings. The third-order valence-corrected chi connectivity index (χ3v) is 13.6. The van der Waals surface area contributed by atoms with E-state index in [1.165, 1.54) is 59.8 Å². The molecule has 10 rings (SSSR count). The van der Waals surface area contributed by atoms with Gasteiger partial charge in [0.15, 0.2) is 11.6 Å². The minimum atomic E-state index is -0.623. The first-order valence-corrected chi connectivity index (χ1v) is 24.3. The Morgan fingerprint density at radius 1 is 0.608 bits per heavy atom. The molecule has 0 atom stereocenters.